The zero-order valence-corrected chi connectivity index (χ0v) is 27.8. The molecule has 2 fully saturated rings. The van der Waals surface area contributed by atoms with Crippen molar-refractivity contribution in [1.82, 2.24) is 9.13 Å². The minimum atomic E-state index is 0.700. The lowest BCUT2D eigenvalue weighted by Gasteiger charge is -2.22. The van der Waals surface area contributed by atoms with Gasteiger partial charge in [0.2, 0.25) is 0 Å². The van der Waals surface area contributed by atoms with Gasteiger partial charge in [0.1, 0.15) is 0 Å². The molecule has 48 heavy (non-hydrogen) atoms. The number of fused-ring (bicyclic) bond motifs is 6. The third-order valence-electron chi connectivity index (χ3n) is 11.7. The Balaban J connectivity index is 1.12. The van der Waals surface area contributed by atoms with Gasteiger partial charge < -0.3 is 9.13 Å². The molecule has 2 aromatic heterocycles. The summed E-state index contributed by atoms with van der Waals surface area (Å²) in [6.07, 6.45) is 14.5. The van der Waals surface area contributed by atoms with E-state index in [1.807, 2.05) is 6.07 Å². The van der Waals surface area contributed by atoms with E-state index in [9.17, 15) is 5.26 Å². The molecule has 0 spiro atoms. The monoisotopic (exact) mass is 625 g/mol. The Hall–Kier alpha value is -4.81. The van der Waals surface area contributed by atoms with Crippen LogP contribution in [0.2, 0.25) is 0 Å². The van der Waals surface area contributed by atoms with E-state index in [0.29, 0.717) is 17.4 Å². The molecule has 0 atom stereocenters. The summed E-state index contributed by atoms with van der Waals surface area (Å²) in [5, 5.41) is 15.0. The van der Waals surface area contributed by atoms with E-state index in [1.54, 1.807) is 11.1 Å². The average molecular weight is 626 g/mol. The van der Waals surface area contributed by atoms with Crippen LogP contribution in [0, 0.1) is 11.3 Å². The first-order chi connectivity index (χ1) is 23.7. The van der Waals surface area contributed by atoms with Crippen molar-refractivity contribution in [2.75, 3.05) is 0 Å². The first kappa shape index (κ1) is 29.3. The zero-order chi connectivity index (χ0) is 32.0. The number of benzene rings is 5. The van der Waals surface area contributed by atoms with Crippen LogP contribution in [0.5, 0.6) is 0 Å². The summed E-state index contributed by atoms with van der Waals surface area (Å²) in [4.78, 5) is 0. The number of aromatic nitrogens is 2. The van der Waals surface area contributed by atoms with Gasteiger partial charge in [0.05, 0.1) is 22.7 Å². The third-order valence-corrected chi connectivity index (χ3v) is 11.7. The molecule has 3 nitrogen and oxygen atoms in total. The van der Waals surface area contributed by atoms with Crippen LogP contribution in [0.4, 0.5) is 0 Å². The molecule has 2 aliphatic carbocycles. The van der Waals surface area contributed by atoms with Crippen molar-refractivity contribution < 1.29 is 0 Å². The van der Waals surface area contributed by atoms with Gasteiger partial charge in [-0.05, 0) is 127 Å². The van der Waals surface area contributed by atoms with E-state index in [4.69, 9.17) is 0 Å². The minimum Gasteiger partial charge on any atom is -0.340 e. The summed E-state index contributed by atoms with van der Waals surface area (Å²) in [6.45, 7) is 0.928. The highest BCUT2D eigenvalue weighted by atomic mass is 15.0. The summed E-state index contributed by atoms with van der Waals surface area (Å²) in [7, 11) is 0. The fourth-order valence-corrected chi connectivity index (χ4v) is 9.15. The molecule has 2 saturated carbocycles. The molecular formula is C45H43N3. The molecule has 0 N–H and O–H groups in total. The van der Waals surface area contributed by atoms with Crippen molar-refractivity contribution >= 4 is 43.6 Å². The molecule has 9 rings (SSSR count). The molecule has 2 heterocycles. The van der Waals surface area contributed by atoms with Gasteiger partial charge in [-0.2, -0.15) is 5.26 Å². The van der Waals surface area contributed by atoms with Crippen LogP contribution in [0.3, 0.4) is 0 Å². The zero-order valence-electron chi connectivity index (χ0n) is 27.8. The second-order valence-corrected chi connectivity index (χ2v) is 14.5. The van der Waals surface area contributed by atoms with Gasteiger partial charge in [-0.15, -0.1) is 0 Å². The van der Waals surface area contributed by atoms with Crippen molar-refractivity contribution in [1.29, 1.82) is 5.26 Å². The van der Waals surface area contributed by atoms with Gasteiger partial charge >= 0.3 is 0 Å². The standard InChI is InChI=1S/C45H43N3/c46-30-32-17-21-45-39(27-32)38-26-31(16-20-44(38)48(45)37-14-8-3-9-15-37)24-25-47-42-22-18-35(33-10-4-1-5-11-33)28-40(42)41-29-36(19-23-43(41)47)34-12-6-2-7-13-34/h3,8-9,14-23,26-29,33-34H,1-2,4-7,10-13,24-25H2. The molecule has 0 amide bonds. The number of aryl methyl sites for hydroxylation is 2. The number of hydrogen-bond acceptors (Lipinski definition) is 1. The lowest BCUT2D eigenvalue weighted by Crippen LogP contribution is -2.05. The van der Waals surface area contributed by atoms with Crippen LogP contribution in [-0.4, -0.2) is 9.13 Å². The number of hydrogen-bond donors (Lipinski definition) is 0. The minimum absolute atomic E-state index is 0.700. The van der Waals surface area contributed by atoms with Crippen molar-refractivity contribution in [3.05, 3.63) is 125 Å². The fourth-order valence-electron chi connectivity index (χ4n) is 9.15. The predicted octanol–water partition coefficient (Wildman–Crippen LogP) is 12.1. The highest BCUT2D eigenvalue weighted by Crippen LogP contribution is 2.40. The average Bonchev–Trinajstić information content (AvgIpc) is 3.65. The molecule has 0 saturated heterocycles. The largest absolute Gasteiger partial charge is 0.340 e. The number of para-hydroxylation sites is 1. The molecule has 0 radical (unpaired) electrons. The SMILES string of the molecule is N#Cc1ccc2c(c1)c1cc(CCn3c4ccc(C5CCCCC5)cc4c4cc(C5CCCCC5)ccc43)ccc1n2-c1ccccc1. The van der Waals surface area contributed by atoms with Gasteiger partial charge in [-0.25, -0.2) is 0 Å². The molecule has 0 unspecified atom stereocenters. The first-order valence-electron chi connectivity index (χ1n) is 18.3. The van der Waals surface area contributed by atoms with E-state index < -0.39 is 0 Å². The molecule has 0 bridgehead atoms. The molecule has 3 heteroatoms. The second-order valence-electron chi connectivity index (χ2n) is 14.5. The second kappa shape index (κ2) is 12.3. The van der Waals surface area contributed by atoms with Crippen LogP contribution in [0.15, 0.2) is 103 Å². The van der Waals surface area contributed by atoms with Crippen LogP contribution < -0.4 is 0 Å². The first-order valence-corrected chi connectivity index (χ1v) is 18.3. The number of nitrogens with zero attached hydrogens (tertiary/aromatic N) is 3. The van der Waals surface area contributed by atoms with Gasteiger partial charge in [0.25, 0.3) is 0 Å². The summed E-state index contributed by atoms with van der Waals surface area (Å²) in [6, 6.07) is 40.8. The third kappa shape index (κ3) is 5.10. The Morgan fingerprint density at radius 1 is 0.542 bits per heavy atom. The highest BCUT2D eigenvalue weighted by molar-refractivity contribution is 6.10. The maximum absolute atomic E-state index is 9.73. The van der Waals surface area contributed by atoms with Crippen molar-refractivity contribution in [3.63, 3.8) is 0 Å². The Morgan fingerprint density at radius 3 is 1.69 bits per heavy atom. The Kier molecular flexibility index (Phi) is 7.54. The maximum atomic E-state index is 9.73. The molecule has 7 aromatic rings. The van der Waals surface area contributed by atoms with Gasteiger partial charge in [0.15, 0.2) is 0 Å². The quantitative estimate of drug-likeness (QED) is 0.181. The van der Waals surface area contributed by atoms with Gasteiger partial charge in [0, 0.05) is 44.8 Å². The van der Waals surface area contributed by atoms with E-state index in [2.05, 4.69) is 112 Å². The Labute approximate surface area is 283 Å². The Morgan fingerprint density at radius 2 is 1.08 bits per heavy atom. The molecule has 2 aliphatic rings. The molecule has 0 aliphatic heterocycles. The van der Waals surface area contributed by atoms with Crippen molar-refractivity contribution in [3.8, 4) is 11.8 Å². The van der Waals surface area contributed by atoms with Gasteiger partial charge in [-0.3, -0.25) is 0 Å². The summed E-state index contributed by atoms with van der Waals surface area (Å²) in [5.41, 5.74) is 11.3. The smallest absolute Gasteiger partial charge is 0.0991 e. The predicted molar refractivity (Wildman–Crippen MR) is 200 cm³/mol. The van der Waals surface area contributed by atoms with Crippen LogP contribution in [-0.2, 0) is 13.0 Å². The Bertz CT molecular complexity index is 2240. The van der Waals surface area contributed by atoms with Crippen molar-refractivity contribution in [2.45, 2.75) is 89.0 Å². The maximum Gasteiger partial charge on any atom is 0.0991 e. The number of rotatable bonds is 6. The van der Waals surface area contributed by atoms with Gasteiger partial charge in [-0.1, -0.05) is 74.9 Å². The number of nitriles is 1. The summed E-state index contributed by atoms with van der Waals surface area (Å²) >= 11 is 0. The van der Waals surface area contributed by atoms with Crippen LogP contribution >= 0.6 is 0 Å². The van der Waals surface area contributed by atoms with E-state index in [-0.39, 0.29) is 0 Å². The lowest BCUT2D eigenvalue weighted by molar-refractivity contribution is 0.444. The van der Waals surface area contributed by atoms with E-state index >= 15 is 0 Å². The van der Waals surface area contributed by atoms with Crippen molar-refractivity contribution in [2.24, 2.45) is 0 Å². The molecule has 5 aromatic carbocycles. The van der Waals surface area contributed by atoms with E-state index in [0.717, 1.165) is 29.6 Å². The fraction of sp³-hybridized carbons (Fsp3) is 0.311. The summed E-state index contributed by atoms with van der Waals surface area (Å²) < 4.78 is 4.92. The van der Waals surface area contributed by atoms with E-state index in [1.165, 1.54) is 102 Å². The summed E-state index contributed by atoms with van der Waals surface area (Å²) in [5.74, 6) is 1.41. The van der Waals surface area contributed by atoms with Crippen LogP contribution in [0.25, 0.3) is 49.3 Å². The highest BCUT2D eigenvalue weighted by Gasteiger charge is 2.21. The lowest BCUT2D eigenvalue weighted by atomic mass is 9.83. The van der Waals surface area contributed by atoms with Crippen LogP contribution in [0.1, 0.15) is 98.3 Å². The molecular weight excluding hydrogens is 583 g/mol. The topological polar surface area (TPSA) is 33.6 Å². The normalized spacial score (nSPS) is 16.3. The molecule has 238 valence electrons.